The van der Waals surface area contributed by atoms with Crippen molar-refractivity contribution >= 4 is 5.69 Å². The molecule has 3 fully saturated rings. The lowest BCUT2D eigenvalue weighted by atomic mass is 10.1. The van der Waals surface area contributed by atoms with E-state index >= 15 is 0 Å². The van der Waals surface area contributed by atoms with E-state index in [0.717, 1.165) is 44.1 Å². The first-order valence-electron chi connectivity index (χ1n) is 6.96. The van der Waals surface area contributed by atoms with Crippen LogP contribution < -0.4 is 5.73 Å². The summed E-state index contributed by atoms with van der Waals surface area (Å²) in [6, 6.07) is 7.82. The van der Waals surface area contributed by atoms with Gasteiger partial charge in [-0.2, -0.15) is 4.98 Å². The SMILES string of the molecule is Nc1ccccc1-c1nc(C2CN3CCN2CC3)no1. The van der Waals surface area contributed by atoms with E-state index in [1.807, 2.05) is 24.3 Å². The molecule has 1 aromatic heterocycles. The highest BCUT2D eigenvalue weighted by Crippen LogP contribution is 2.30. The Morgan fingerprint density at radius 3 is 2.65 bits per heavy atom. The Morgan fingerprint density at radius 1 is 1.15 bits per heavy atom. The first-order chi connectivity index (χ1) is 9.81. The highest BCUT2D eigenvalue weighted by molar-refractivity contribution is 5.69. The standard InChI is InChI=1S/C14H17N5O/c15-11-4-2-1-3-10(11)14-16-13(17-20-14)12-9-18-5-7-19(12)8-6-18/h1-4,12H,5-9,15H2. The molecule has 2 aromatic rings. The number of anilines is 1. The maximum atomic E-state index is 5.95. The van der Waals surface area contributed by atoms with Gasteiger partial charge in [-0.25, -0.2) is 0 Å². The molecule has 3 aliphatic heterocycles. The highest BCUT2D eigenvalue weighted by Gasteiger charge is 2.35. The molecule has 20 heavy (non-hydrogen) atoms. The van der Waals surface area contributed by atoms with Gasteiger partial charge >= 0.3 is 0 Å². The topological polar surface area (TPSA) is 71.4 Å². The Morgan fingerprint density at radius 2 is 1.95 bits per heavy atom. The van der Waals surface area contributed by atoms with Crippen molar-refractivity contribution in [3.05, 3.63) is 30.1 Å². The van der Waals surface area contributed by atoms with Crippen molar-refractivity contribution in [2.24, 2.45) is 0 Å². The normalized spacial score (nSPS) is 28.7. The van der Waals surface area contributed by atoms with Gasteiger partial charge in [-0.15, -0.1) is 0 Å². The van der Waals surface area contributed by atoms with Crippen LogP contribution in [-0.2, 0) is 0 Å². The number of fused-ring (bicyclic) bond motifs is 3. The van der Waals surface area contributed by atoms with E-state index in [-0.39, 0.29) is 6.04 Å². The molecule has 6 nitrogen and oxygen atoms in total. The lowest BCUT2D eigenvalue weighted by Gasteiger charge is -2.46. The minimum absolute atomic E-state index is 0.250. The van der Waals surface area contributed by atoms with Gasteiger partial charge in [0, 0.05) is 38.4 Å². The summed E-state index contributed by atoms with van der Waals surface area (Å²) in [4.78, 5) is 9.45. The van der Waals surface area contributed by atoms with E-state index in [1.165, 1.54) is 0 Å². The van der Waals surface area contributed by atoms with Crippen LogP contribution in [0.2, 0.25) is 0 Å². The average Bonchev–Trinajstić information content (AvgIpc) is 2.98. The minimum atomic E-state index is 0.250. The fraction of sp³-hybridized carbons (Fsp3) is 0.429. The van der Waals surface area contributed by atoms with Crippen LogP contribution >= 0.6 is 0 Å². The molecule has 0 spiro atoms. The van der Waals surface area contributed by atoms with Gasteiger partial charge in [0.05, 0.1) is 11.6 Å². The molecule has 0 radical (unpaired) electrons. The largest absolute Gasteiger partial charge is 0.398 e. The molecule has 104 valence electrons. The van der Waals surface area contributed by atoms with Crippen molar-refractivity contribution in [2.45, 2.75) is 6.04 Å². The average molecular weight is 271 g/mol. The van der Waals surface area contributed by atoms with Gasteiger partial charge in [0.1, 0.15) is 0 Å². The lowest BCUT2D eigenvalue weighted by Crippen LogP contribution is -2.57. The maximum Gasteiger partial charge on any atom is 0.260 e. The molecule has 4 heterocycles. The second-order valence-corrected chi connectivity index (χ2v) is 5.40. The zero-order valence-corrected chi connectivity index (χ0v) is 11.2. The third-order valence-electron chi connectivity index (χ3n) is 4.21. The first-order valence-corrected chi connectivity index (χ1v) is 6.96. The Kier molecular flexibility index (Phi) is 2.71. The van der Waals surface area contributed by atoms with Crippen LogP contribution in [0.4, 0.5) is 5.69 Å². The molecule has 3 aliphatic rings. The zero-order valence-electron chi connectivity index (χ0n) is 11.2. The zero-order chi connectivity index (χ0) is 13.5. The van der Waals surface area contributed by atoms with Gasteiger partial charge in [-0.1, -0.05) is 17.3 Å². The van der Waals surface area contributed by atoms with Crippen LogP contribution in [0.1, 0.15) is 11.9 Å². The van der Waals surface area contributed by atoms with Gasteiger partial charge in [-0.05, 0) is 12.1 Å². The number of benzene rings is 1. The summed E-state index contributed by atoms with van der Waals surface area (Å²) in [6.07, 6.45) is 0. The Labute approximate surface area is 117 Å². The fourth-order valence-electron chi connectivity index (χ4n) is 3.03. The van der Waals surface area contributed by atoms with E-state index in [4.69, 9.17) is 10.3 Å². The van der Waals surface area contributed by atoms with Gasteiger partial charge < -0.3 is 10.3 Å². The second kappa shape index (κ2) is 4.57. The van der Waals surface area contributed by atoms with Crippen LogP contribution in [-0.4, -0.2) is 52.7 Å². The lowest BCUT2D eigenvalue weighted by molar-refractivity contribution is 0.00781. The highest BCUT2D eigenvalue weighted by atomic mass is 16.5. The van der Waals surface area contributed by atoms with Gasteiger partial charge in [0.2, 0.25) is 0 Å². The quantitative estimate of drug-likeness (QED) is 0.821. The van der Waals surface area contributed by atoms with E-state index in [1.54, 1.807) is 0 Å². The maximum absolute atomic E-state index is 5.95. The van der Waals surface area contributed by atoms with Crippen molar-refractivity contribution in [3.8, 4) is 11.5 Å². The molecule has 5 rings (SSSR count). The molecule has 6 heteroatoms. The minimum Gasteiger partial charge on any atom is -0.398 e. The number of hydrogen-bond acceptors (Lipinski definition) is 6. The molecular formula is C14H17N5O. The predicted octanol–water partition coefficient (Wildman–Crippen LogP) is 0.991. The van der Waals surface area contributed by atoms with Crippen molar-refractivity contribution in [2.75, 3.05) is 38.5 Å². The molecule has 1 unspecified atom stereocenters. The Bertz CT molecular complexity index is 618. The molecule has 0 amide bonds. The molecule has 2 N–H and O–H groups in total. The smallest absolute Gasteiger partial charge is 0.260 e. The van der Waals surface area contributed by atoms with E-state index in [9.17, 15) is 0 Å². The van der Waals surface area contributed by atoms with Crippen LogP contribution in [0.5, 0.6) is 0 Å². The molecule has 2 bridgehead atoms. The third-order valence-corrected chi connectivity index (χ3v) is 4.21. The van der Waals surface area contributed by atoms with E-state index < -0.39 is 0 Å². The summed E-state index contributed by atoms with van der Waals surface area (Å²) in [5.74, 6) is 1.28. The number of piperazine rings is 3. The Balaban J connectivity index is 1.64. The number of aromatic nitrogens is 2. The van der Waals surface area contributed by atoms with E-state index in [2.05, 4.69) is 19.9 Å². The summed E-state index contributed by atoms with van der Waals surface area (Å²) < 4.78 is 5.41. The van der Waals surface area contributed by atoms with Crippen molar-refractivity contribution in [3.63, 3.8) is 0 Å². The summed E-state index contributed by atoms with van der Waals surface area (Å²) in [6.45, 7) is 5.45. The first kappa shape index (κ1) is 11.9. The number of nitrogens with zero attached hydrogens (tertiary/aromatic N) is 4. The van der Waals surface area contributed by atoms with Crippen LogP contribution in [0.15, 0.2) is 28.8 Å². The van der Waals surface area contributed by atoms with Crippen molar-refractivity contribution in [1.82, 2.24) is 19.9 Å². The number of nitrogens with two attached hydrogens (primary N) is 1. The van der Waals surface area contributed by atoms with E-state index in [0.29, 0.717) is 11.6 Å². The van der Waals surface area contributed by atoms with Gasteiger partial charge in [-0.3, -0.25) is 9.80 Å². The molecule has 0 aliphatic carbocycles. The third kappa shape index (κ3) is 1.88. The van der Waals surface area contributed by atoms with Crippen LogP contribution in [0, 0.1) is 0 Å². The molecule has 3 saturated heterocycles. The molecule has 1 aromatic carbocycles. The van der Waals surface area contributed by atoms with Crippen LogP contribution in [0.3, 0.4) is 0 Å². The van der Waals surface area contributed by atoms with Crippen molar-refractivity contribution in [1.29, 1.82) is 0 Å². The number of nitrogen functional groups attached to an aromatic ring is 1. The molecular weight excluding hydrogens is 254 g/mol. The fourth-order valence-corrected chi connectivity index (χ4v) is 3.03. The summed E-state index contributed by atoms with van der Waals surface area (Å²) in [7, 11) is 0. The summed E-state index contributed by atoms with van der Waals surface area (Å²) in [5.41, 5.74) is 7.43. The molecule has 0 saturated carbocycles. The summed E-state index contributed by atoms with van der Waals surface area (Å²) >= 11 is 0. The number of hydrogen-bond donors (Lipinski definition) is 1. The van der Waals surface area contributed by atoms with Gasteiger partial charge in [0.25, 0.3) is 5.89 Å². The number of para-hydroxylation sites is 1. The second-order valence-electron chi connectivity index (χ2n) is 5.40. The van der Waals surface area contributed by atoms with Crippen molar-refractivity contribution < 1.29 is 4.52 Å². The summed E-state index contributed by atoms with van der Waals surface area (Å²) in [5, 5.41) is 4.17. The van der Waals surface area contributed by atoms with Gasteiger partial charge in [0.15, 0.2) is 5.82 Å². The number of rotatable bonds is 2. The predicted molar refractivity (Wildman–Crippen MR) is 74.9 cm³/mol. The van der Waals surface area contributed by atoms with Crippen LogP contribution in [0.25, 0.3) is 11.5 Å². The molecule has 1 atom stereocenters. The Hall–Kier alpha value is -1.92. The monoisotopic (exact) mass is 271 g/mol.